The van der Waals surface area contributed by atoms with E-state index in [0.717, 1.165) is 60.4 Å². The molecule has 6 rings (SSSR count). The van der Waals surface area contributed by atoms with Crippen LogP contribution in [0.5, 0.6) is 11.5 Å². The molecular formula is C30H35FN4O5S. The first kappa shape index (κ1) is 27.8. The van der Waals surface area contributed by atoms with E-state index in [2.05, 4.69) is 10.3 Å². The van der Waals surface area contributed by atoms with Gasteiger partial charge in [-0.1, -0.05) is 6.07 Å². The van der Waals surface area contributed by atoms with Crippen LogP contribution in [-0.4, -0.2) is 50.8 Å². The molecule has 1 saturated carbocycles. The molecule has 1 saturated heterocycles. The van der Waals surface area contributed by atoms with Crippen LogP contribution in [0, 0.1) is 5.82 Å². The van der Waals surface area contributed by atoms with Gasteiger partial charge in [-0.15, -0.1) is 0 Å². The number of fused-ring (bicyclic) bond motifs is 2. The highest BCUT2D eigenvalue weighted by molar-refractivity contribution is 7.99. The Kier molecular flexibility index (Phi) is 8.32. The Bertz CT molecular complexity index is 1540. The number of hydrogen-bond donors (Lipinski definition) is 1. The van der Waals surface area contributed by atoms with Crippen molar-refractivity contribution in [3.05, 3.63) is 62.7 Å². The highest BCUT2D eigenvalue weighted by atomic mass is 32.2. The van der Waals surface area contributed by atoms with Crippen molar-refractivity contribution in [2.24, 2.45) is 0 Å². The quantitative estimate of drug-likeness (QED) is 0.446. The third-order valence-electron chi connectivity index (χ3n) is 8.38. The maximum absolute atomic E-state index is 14.1. The van der Waals surface area contributed by atoms with Crippen LogP contribution < -0.4 is 26.0 Å². The van der Waals surface area contributed by atoms with Gasteiger partial charge in [-0.25, -0.2) is 14.2 Å². The van der Waals surface area contributed by atoms with Crippen LogP contribution >= 0.6 is 11.8 Å². The minimum atomic E-state index is -0.592. The predicted octanol–water partition coefficient (Wildman–Crippen LogP) is 4.16. The van der Waals surface area contributed by atoms with E-state index in [0.29, 0.717) is 45.3 Å². The van der Waals surface area contributed by atoms with Crippen molar-refractivity contribution >= 4 is 28.7 Å². The molecule has 0 radical (unpaired) electrons. The Hall–Kier alpha value is -3.34. The number of halogens is 1. The van der Waals surface area contributed by atoms with Gasteiger partial charge in [0.25, 0.3) is 5.56 Å². The zero-order valence-corrected chi connectivity index (χ0v) is 23.8. The number of carbonyl (C=O) groups excluding carboxylic acids is 1. The Labute approximate surface area is 241 Å². The van der Waals surface area contributed by atoms with Gasteiger partial charge >= 0.3 is 5.69 Å². The van der Waals surface area contributed by atoms with Gasteiger partial charge in [0.2, 0.25) is 5.91 Å². The standard InChI is InChI=1S/C30H35FN4O5S/c31-20-17-24-28(32-18-20)34(23-10-14-41-15-11-23)30(38)35(29(24)37)22-7-5-21(6-8-22)33-27(36)3-1-2-19-4-9-25-26(16-19)40-13-12-39-25/h4,9,16-18,21-23H,1-3,5-8,10-15H2,(H,33,36). The van der Waals surface area contributed by atoms with Gasteiger partial charge < -0.3 is 14.8 Å². The van der Waals surface area contributed by atoms with Gasteiger partial charge in [-0.2, -0.15) is 11.8 Å². The molecule has 9 nitrogen and oxygen atoms in total. The average molecular weight is 583 g/mol. The second-order valence-electron chi connectivity index (χ2n) is 11.1. The molecule has 0 bridgehead atoms. The third-order valence-corrected chi connectivity index (χ3v) is 9.43. The number of hydrogen-bond acceptors (Lipinski definition) is 7. The summed E-state index contributed by atoms with van der Waals surface area (Å²) in [6.07, 6.45) is 7.12. The van der Waals surface area contributed by atoms with E-state index in [4.69, 9.17) is 9.47 Å². The van der Waals surface area contributed by atoms with E-state index in [1.54, 1.807) is 4.57 Å². The van der Waals surface area contributed by atoms with Crippen molar-refractivity contribution in [3.8, 4) is 11.5 Å². The number of benzene rings is 1. The van der Waals surface area contributed by atoms with E-state index in [-0.39, 0.29) is 40.8 Å². The summed E-state index contributed by atoms with van der Waals surface area (Å²) in [4.78, 5) is 44.1. The van der Waals surface area contributed by atoms with Gasteiger partial charge in [-0.05, 0) is 86.6 Å². The molecule has 41 heavy (non-hydrogen) atoms. The smallest absolute Gasteiger partial charge is 0.333 e. The van der Waals surface area contributed by atoms with Crippen LogP contribution in [0.2, 0.25) is 0 Å². The Balaban J connectivity index is 1.09. The molecule has 0 unspecified atom stereocenters. The molecule has 0 spiro atoms. The van der Waals surface area contributed by atoms with E-state index < -0.39 is 11.4 Å². The summed E-state index contributed by atoms with van der Waals surface area (Å²) in [6, 6.07) is 6.75. The first-order valence-corrected chi connectivity index (χ1v) is 15.7. The van der Waals surface area contributed by atoms with Crippen molar-refractivity contribution in [2.75, 3.05) is 24.7 Å². The van der Waals surface area contributed by atoms with Gasteiger partial charge in [0.1, 0.15) is 24.7 Å². The number of nitrogens with one attached hydrogen (secondary N) is 1. The van der Waals surface area contributed by atoms with E-state index in [9.17, 15) is 18.8 Å². The molecule has 0 atom stereocenters. The number of rotatable bonds is 7. The molecule has 1 aliphatic carbocycles. The number of nitrogens with zero attached hydrogens (tertiary/aromatic N) is 3. The summed E-state index contributed by atoms with van der Waals surface area (Å²) < 4.78 is 28.3. The lowest BCUT2D eigenvalue weighted by Gasteiger charge is -2.31. The lowest BCUT2D eigenvalue weighted by molar-refractivity contribution is -0.122. The Morgan fingerprint density at radius 1 is 0.976 bits per heavy atom. The number of pyridine rings is 1. The van der Waals surface area contributed by atoms with Crippen molar-refractivity contribution < 1.29 is 18.7 Å². The van der Waals surface area contributed by atoms with Crippen LogP contribution in [-0.2, 0) is 11.2 Å². The molecule has 2 aliphatic heterocycles. The summed E-state index contributed by atoms with van der Waals surface area (Å²) >= 11 is 1.85. The summed E-state index contributed by atoms with van der Waals surface area (Å²) in [5.74, 6) is 2.79. The molecule has 3 aromatic rings. The van der Waals surface area contributed by atoms with Gasteiger partial charge in [-0.3, -0.25) is 18.7 Å². The van der Waals surface area contributed by atoms with Crippen LogP contribution in [0.3, 0.4) is 0 Å². The molecule has 3 aliphatic rings. The summed E-state index contributed by atoms with van der Waals surface area (Å²) in [7, 11) is 0. The van der Waals surface area contributed by atoms with E-state index in [1.807, 2.05) is 30.0 Å². The van der Waals surface area contributed by atoms with E-state index in [1.165, 1.54) is 10.6 Å². The molecule has 1 N–H and O–H groups in total. The van der Waals surface area contributed by atoms with Crippen LogP contribution in [0.15, 0.2) is 40.1 Å². The van der Waals surface area contributed by atoms with Crippen molar-refractivity contribution in [1.29, 1.82) is 0 Å². The second kappa shape index (κ2) is 12.3. The zero-order chi connectivity index (χ0) is 28.3. The minimum Gasteiger partial charge on any atom is -0.486 e. The number of thioether (sulfide) groups is 1. The van der Waals surface area contributed by atoms with Crippen LogP contribution in [0.4, 0.5) is 4.39 Å². The summed E-state index contributed by atoms with van der Waals surface area (Å²) in [5, 5.41) is 3.29. The number of ether oxygens (including phenoxy) is 2. The lowest BCUT2D eigenvalue weighted by Crippen LogP contribution is -2.46. The summed E-state index contributed by atoms with van der Waals surface area (Å²) in [6.45, 7) is 1.10. The molecule has 1 amide bonds. The molecule has 218 valence electrons. The highest BCUT2D eigenvalue weighted by Gasteiger charge is 2.29. The molecular weight excluding hydrogens is 547 g/mol. The third kappa shape index (κ3) is 6.00. The fourth-order valence-corrected chi connectivity index (χ4v) is 7.36. The molecule has 2 fully saturated rings. The van der Waals surface area contributed by atoms with Gasteiger partial charge in [0.05, 0.1) is 11.6 Å². The topological polar surface area (TPSA) is 104 Å². The predicted molar refractivity (Wildman–Crippen MR) is 156 cm³/mol. The average Bonchev–Trinajstić information content (AvgIpc) is 2.99. The summed E-state index contributed by atoms with van der Waals surface area (Å²) in [5.41, 5.74) is 0.540. The number of aryl methyl sites for hydroxylation is 1. The largest absolute Gasteiger partial charge is 0.486 e. The fourth-order valence-electron chi connectivity index (χ4n) is 6.27. The number of carbonyl (C=O) groups is 1. The first-order chi connectivity index (χ1) is 20.0. The highest BCUT2D eigenvalue weighted by Crippen LogP contribution is 2.32. The first-order valence-electron chi connectivity index (χ1n) is 14.6. The van der Waals surface area contributed by atoms with Crippen LogP contribution in [0.1, 0.15) is 69.0 Å². The van der Waals surface area contributed by atoms with Crippen molar-refractivity contribution in [1.82, 2.24) is 19.4 Å². The number of amides is 1. The second-order valence-corrected chi connectivity index (χ2v) is 12.3. The molecule has 4 heterocycles. The van der Waals surface area contributed by atoms with Crippen molar-refractivity contribution in [3.63, 3.8) is 0 Å². The SMILES string of the molecule is O=C(CCCc1ccc2c(c1)OCCO2)NC1CCC(n2c(=O)c3cc(F)cnc3n(C3CCSCC3)c2=O)CC1. The normalized spacial score (nSPS) is 21.1. The van der Waals surface area contributed by atoms with Gasteiger partial charge in [0.15, 0.2) is 11.5 Å². The monoisotopic (exact) mass is 582 g/mol. The van der Waals surface area contributed by atoms with E-state index >= 15 is 0 Å². The molecule has 1 aromatic carbocycles. The van der Waals surface area contributed by atoms with Crippen molar-refractivity contribution in [2.45, 2.75) is 75.9 Å². The van der Waals surface area contributed by atoms with Gasteiger partial charge in [0, 0.05) is 24.5 Å². The lowest BCUT2D eigenvalue weighted by atomic mass is 9.90. The fraction of sp³-hybridized carbons (Fsp3) is 0.533. The Morgan fingerprint density at radius 2 is 1.71 bits per heavy atom. The van der Waals surface area contributed by atoms with Crippen LogP contribution in [0.25, 0.3) is 11.0 Å². The number of aromatic nitrogens is 3. The molecule has 2 aromatic heterocycles. The molecule has 11 heteroatoms. The maximum Gasteiger partial charge on any atom is 0.333 e. The maximum atomic E-state index is 14.1. The zero-order valence-electron chi connectivity index (χ0n) is 23.0. The Morgan fingerprint density at radius 3 is 2.49 bits per heavy atom. The minimum absolute atomic E-state index is 0.000840.